The van der Waals surface area contributed by atoms with Crippen molar-refractivity contribution in [3.63, 3.8) is 0 Å². The molecule has 2 aromatic rings. The molecule has 0 aliphatic carbocycles. The third-order valence-corrected chi connectivity index (χ3v) is 6.77. The lowest BCUT2D eigenvalue weighted by molar-refractivity contribution is -0.206. The van der Waals surface area contributed by atoms with Crippen molar-refractivity contribution in [1.82, 2.24) is 5.32 Å². The Morgan fingerprint density at radius 2 is 1.54 bits per heavy atom. The van der Waals surface area contributed by atoms with E-state index >= 15 is 0 Å². The van der Waals surface area contributed by atoms with Crippen molar-refractivity contribution in [3.05, 3.63) is 58.6 Å². The van der Waals surface area contributed by atoms with Gasteiger partial charge in [-0.1, -0.05) is 57.5 Å². The molecule has 0 radical (unpaired) electrons. The summed E-state index contributed by atoms with van der Waals surface area (Å²) in [6.45, 7) is 8.13. The Morgan fingerprint density at radius 3 is 2.10 bits per heavy atom. The number of hydrogen-bond donors (Lipinski definition) is 4. The van der Waals surface area contributed by atoms with E-state index in [1.165, 1.54) is 0 Å². The molecule has 1 aliphatic rings. The highest BCUT2D eigenvalue weighted by atomic mass is 35.5. The highest BCUT2D eigenvalue weighted by Crippen LogP contribution is 2.42. The zero-order valence-corrected chi connectivity index (χ0v) is 24.9. The average molecular weight is 594 g/mol. The zero-order chi connectivity index (χ0) is 30.4. The average Bonchev–Trinajstić information content (AvgIpc) is 3.33. The Hall–Kier alpha value is -2.89. The summed E-state index contributed by atoms with van der Waals surface area (Å²) in [6, 6.07) is 12.0. The molecular weight excluding hydrogens is 554 g/mol. The lowest BCUT2D eigenvalue weighted by Gasteiger charge is -2.28. The number of carbonyl (C=O) groups is 2. The number of halogens is 1. The third kappa shape index (κ3) is 8.56. The number of carbonyl (C=O) groups excluding carboxylic acids is 2. The number of benzene rings is 2. The van der Waals surface area contributed by atoms with E-state index in [1.807, 2.05) is 6.92 Å². The van der Waals surface area contributed by atoms with Crippen LogP contribution in [0.3, 0.4) is 0 Å². The van der Waals surface area contributed by atoms with Crippen LogP contribution in [0.5, 0.6) is 11.5 Å². The normalized spacial score (nSPS) is 15.7. The molecule has 0 saturated carbocycles. The first-order chi connectivity index (χ1) is 19.2. The lowest BCUT2D eigenvalue weighted by atomic mass is 9.96. The molecule has 2 atom stereocenters. The van der Waals surface area contributed by atoms with Crippen molar-refractivity contribution in [2.45, 2.75) is 59.0 Å². The van der Waals surface area contributed by atoms with Crippen LogP contribution in [0.25, 0.3) is 0 Å². The lowest BCUT2D eigenvalue weighted by Crippen LogP contribution is -2.56. The van der Waals surface area contributed by atoms with E-state index in [9.17, 15) is 24.9 Å². The second-order valence-corrected chi connectivity index (χ2v) is 12.4. The molecule has 0 unspecified atom stereocenters. The number of aliphatic hydroxyl groups is 3. The van der Waals surface area contributed by atoms with Gasteiger partial charge in [-0.25, -0.2) is 9.59 Å². The van der Waals surface area contributed by atoms with Gasteiger partial charge in [-0.2, -0.15) is 0 Å². The minimum atomic E-state index is -2.54. The van der Waals surface area contributed by atoms with Crippen LogP contribution in [0.4, 0.5) is 0 Å². The minimum Gasteiger partial charge on any atom is -0.459 e. The second kappa shape index (κ2) is 13.4. The molecule has 0 fully saturated rings. The van der Waals surface area contributed by atoms with Gasteiger partial charge in [-0.3, -0.25) is 0 Å². The molecule has 0 spiro atoms. The molecule has 10 nitrogen and oxygen atoms in total. The smallest absolute Gasteiger partial charge is 0.453 e. The van der Waals surface area contributed by atoms with Crippen molar-refractivity contribution in [1.29, 1.82) is 0 Å². The van der Waals surface area contributed by atoms with Gasteiger partial charge in [0.05, 0.1) is 32.5 Å². The molecule has 0 amide bonds. The monoisotopic (exact) mass is 593 g/mol. The first-order valence-corrected chi connectivity index (χ1v) is 13.8. The molecule has 226 valence electrons. The van der Waals surface area contributed by atoms with E-state index in [0.717, 1.165) is 5.56 Å². The van der Waals surface area contributed by atoms with Crippen LogP contribution in [-0.2, 0) is 25.5 Å². The molecule has 4 N–H and O–H groups in total. The van der Waals surface area contributed by atoms with E-state index in [0.29, 0.717) is 23.6 Å². The minimum absolute atomic E-state index is 0.0506. The van der Waals surface area contributed by atoms with E-state index < -0.39 is 34.7 Å². The SMILES string of the molecule is C[C@H](Cc1ccc2c(c1)OC(C(=O)OCC(C)(C)CO)(C(=O)OCC(C)(C)CO)O2)NC[C@H](O)c1cccc(Cl)c1. The Balaban J connectivity index is 1.72. The van der Waals surface area contributed by atoms with Gasteiger partial charge in [0.2, 0.25) is 0 Å². The maximum Gasteiger partial charge on any atom is 0.453 e. The first-order valence-electron chi connectivity index (χ1n) is 13.4. The molecule has 1 aliphatic heterocycles. The maximum atomic E-state index is 13.2. The van der Waals surface area contributed by atoms with E-state index in [4.69, 9.17) is 30.5 Å². The maximum absolute atomic E-state index is 13.2. The Labute approximate surface area is 245 Å². The van der Waals surface area contributed by atoms with Crippen LogP contribution in [0.15, 0.2) is 42.5 Å². The molecule has 0 saturated heterocycles. The van der Waals surface area contributed by atoms with Gasteiger partial charge >= 0.3 is 17.7 Å². The predicted octanol–water partition coefficient (Wildman–Crippen LogP) is 3.19. The van der Waals surface area contributed by atoms with Crippen LogP contribution in [-0.4, -0.2) is 72.1 Å². The standard InChI is InChI=1S/C30H40ClNO9/c1-19(32-14-23(35)21-7-6-8-22(31)13-21)11-20-9-10-24-25(12-20)41-30(40-24,26(36)38-17-28(2,3)15-33)27(37)39-18-29(4,5)16-34/h6-10,12-13,19,23,32-35H,11,14-18H2,1-5H3/t19-,23+/m1/s1. The summed E-state index contributed by atoms with van der Waals surface area (Å²) in [7, 11) is 0. The summed E-state index contributed by atoms with van der Waals surface area (Å²) < 4.78 is 22.3. The Morgan fingerprint density at radius 1 is 0.951 bits per heavy atom. The predicted molar refractivity (Wildman–Crippen MR) is 152 cm³/mol. The molecular formula is C30H40ClNO9. The fourth-order valence-electron chi connectivity index (χ4n) is 3.80. The molecule has 2 aromatic carbocycles. The summed E-state index contributed by atoms with van der Waals surface area (Å²) in [5, 5.41) is 33.4. The van der Waals surface area contributed by atoms with E-state index in [2.05, 4.69) is 5.32 Å². The number of aliphatic hydroxyl groups excluding tert-OH is 3. The van der Waals surface area contributed by atoms with Crippen LogP contribution in [0.1, 0.15) is 51.8 Å². The fraction of sp³-hybridized carbons (Fsp3) is 0.533. The number of esters is 2. The van der Waals surface area contributed by atoms with Gasteiger partial charge in [0, 0.05) is 28.4 Å². The van der Waals surface area contributed by atoms with Crippen molar-refractivity contribution in [2.24, 2.45) is 10.8 Å². The number of nitrogens with one attached hydrogen (secondary N) is 1. The van der Waals surface area contributed by atoms with Gasteiger partial charge in [0.25, 0.3) is 0 Å². The van der Waals surface area contributed by atoms with E-state index in [-0.39, 0.29) is 44.0 Å². The number of rotatable bonds is 14. The summed E-state index contributed by atoms with van der Waals surface area (Å²) in [4.78, 5) is 26.5. The Kier molecular flexibility index (Phi) is 10.7. The fourth-order valence-corrected chi connectivity index (χ4v) is 4.00. The van der Waals surface area contributed by atoms with Gasteiger partial charge in [0.1, 0.15) is 0 Å². The highest BCUT2D eigenvalue weighted by Gasteiger charge is 2.60. The Bertz CT molecular complexity index is 1180. The van der Waals surface area contributed by atoms with Gasteiger partial charge in [0.15, 0.2) is 11.5 Å². The zero-order valence-electron chi connectivity index (χ0n) is 24.1. The summed E-state index contributed by atoms with van der Waals surface area (Å²) >= 11 is 6.02. The molecule has 41 heavy (non-hydrogen) atoms. The quantitative estimate of drug-likeness (QED) is 0.190. The molecule has 3 rings (SSSR count). The molecule has 0 bridgehead atoms. The second-order valence-electron chi connectivity index (χ2n) is 12.0. The van der Waals surface area contributed by atoms with Crippen molar-refractivity contribution in [3.8, 4) is 11.5 Å². The van der Waals surface area contributed by atoms with Crippen molar-refractivity contribution < 1.29 is 43.9 Å². The molecule has 11 heteroatoms. The highest BCUT2D eigenvalue weighted by molar-refractivity contribution is 6.30. The van der Waals surface area contributed by atoms with Crippen molar-refractivity contribution >= 4 is 23.5 Å². The van der Waals surface area contributed by atoms with Gasteiger partial charge in [-0.15, -0.1) is 0 Å². The first kappa shape index (κ1) is 32.6. The topological polar surface area (TPSA) is 144 Å². The molecule has 1 heterocycles. The van der Waals surface area contributed by atoms with E-state index in [1.54, 1.807) is 70.2 Å². The number of fused-ring (bicyclic) bond motifs is 1. The number of hydrogen-bond acceptors (Lipinski definition) is 10. The summed E-state index contributed by atoms with van der Waals surface area (Å²) in [5.74, 6) is -4.46. The van der Waals surface area contributed by atoms with Crippen LogP contribution < -0.4 is 14.8 Å². The van der Waals surface area contributed by atoms with Crippen LogP contribution in [0, 0.1) is 10.8 Å². The summed E-state index contributed by atoms with van der Waals surface area (Å²) in [6.07, 6.45) is -0.201. The number of ether oxygens (including phenoxy) is 4. The van der Waals surface area contributed by atoms with Crippen LogP contribution in [0.2, 0.25) is 5.02 Å². The van der Waals surface area contributed by atoms with Crippen LogP contribution >= 0.6 is 11.6 Å². The third-order valence-electron chi connectivity index (χ3n) is 6.53. The van der Waals surface area contributed by atoms with Gasteiger partial charge in [-0.05, 0) is 48.7 Å². The van der Waals surface area contributed by atoms with Crippen molar-refractivity contribution in [2.75, 3.05) is 33.0 Å². The molecule has 0 aromatic heterocycles. The summed E-state index contributed by atoms with van der Waals surface area (Å²) in [5.41, 5.74) is 0.00819. The van der Waals surface area contributed by atoms with Gasteiger partial charge < -0.3 is 39.6 Å². The largest absolute Gasteiger partial charge is 0.459 e.